The second kappa shape index (κ2) is 6.73. The van der Waals surface area contributed by atoms with Crippen molar-refractivity contribution in [2.45, 2.75) is 24.9 Å². The zero-order valence-electron chi connectivity index (χ0n) is 12.3. The number of amides is 1. The molecule has 1 aromatic rings. The summed E-state index contributed by atoms with van der Waals surface area (Å²) in [5.41, 5.74) is 2.91. The zero-order chi connectivity index (χ0) is 15.4. The van der Waals surface area contributed by atoms with Gasteiger partial charge in [0.05, 0.1) is 0 Å². The van der Waals surface area contributed by atoms with Crippen LogP contribution in [0, 0.1) is 0 Å². The molecule has 3 rings (SSSR count). The molecule has 2 aliphatic heterocycles. The van der Waals surface area contributed by atoms with Crippen LogP contribution in [0.5, 0.6) is 0 Å². The molecule has 2 aliphatic rings. The van der Waals surface area contributed by atoms with E-state index in [1.165, 1.54) is 0 Å². The van der Waals surface area contributed by atoms with E-state index in [1.807, 2.05) is 19.2 Å². The van der Waals surface area contributed by atoms with E-state index in [-0.39, 0.29) is 6.17 Å². The number of hydrogen-bond acceptors (Lipinski definition) is 8. The summed E-state index contributed by atoms with van der Waals surface area (Å²) < 4.78 is 0. The predicted octanol–water partition coefficient (Wildman–Crippen LogP) is 0.304. The first-order chi connectivity index (χ1) is 10.8. The Bertz CT molecular complexity index is 577. The SMILES string of the molecule is CNc1nnc(C2CCN(C3=NNC(NC=O)C=C3)CC2)s1. The van der Waals surface area contributed by atoms with Gasteiger partial charge in [-0.3, -0.25) is 10.2 Å². The highest BCUT2D eigenvalue weighted by Crippen LogP contribution is 2.31. The van der Waals surface area contributed by atoms with Crippen molar-refractivity contribution >= 4 is 28.7 Å². The lowest BCUT2D eigenvalue weighted by Crippen LogP contribution is -2.44. The Morgan fingerprint density at radius 1 is 1.41 bits per heavy atom. The van der Waals surface area contributed by atoms with Crippen LogP contribution in [0.15, 0.2) is 17.3 Å². The second-order valence-corrected chi connectivity index (χ2v) is 6.19. The number of amidine groups is 1. The molecule has 118 valence electrons. The van der Waals surface area contributed by atoms with Gasteiger partial charge in [0, 0.05) is 26.1 Å². The quantitative estimate of drug-likeness (QED) is 0.691. The maximum absolute atomic E-state index is 10.4. The van der Waals surface area contributed by atoms with Gasteiger partial charge in [0.15, 0.2) is 0 Å². The number of nitrogens with zero attached hydrogens (tertiary/aromatic N) is 4. The molecular weight excluding hydrogens is 302 g/mol. The van der Waals surface area contributed by atoms with Crippen LogP contribution in [0.3, 0.4) is 0 Å². The van der Waals surface area contributed by atoms with Gasteiger partial charge in [0.1, 0.15) is 17.0 Å². The molecule has 1 aromatic heterocycles. The van der Waals surface area contributed by atoms with Crippen LogP contribution in [0.4, 0.5) is 5.13 Å². The average molecular weight is 321 g/mol. The van der Waals surface area contributed by atoms with E-state index in [4.69, 9.17) is 0 Å². The Balaban J connectivity index is 1.54. The minimum atomic E-state index is -0.222. The van der Waals surface area contributed by atoms with Gasteiger partial charge in [0.25, 0.3) is 0 Å². The molecule has 3 heterocycles. The summed E-state index contributed by atoms with van der Waals surface area (Å²) in [4.78, 5) is 12.6. The van der Waals surface area contributed by atoms with Crippen LogP contribution in [-0.4, -0.2) is 53.6 Å². The van der Waals surface area contributed by atoms with Gasteiger partial charge in [-0.15, -0.1) is 10.2 Å². The number of rotatable bonds is 4. The number of aromatic nitrogens is 2. The zero-order valence-corrected chi connectivity index (χ0v) is 13.1. The van der Waals surface area contributed by atoms with Gasteiger partial charge in [0.2, 0.25) is 11.5 Å². The van der Waals surface area contributed by atoms with Crippen LogP contribution in [0.1, 0.15) is 23.8 Å². The molecule has 0 aromatic carbocycles. The monoisotopic (exact) mass is 321 g/mol. The number of anilines is 1. The van der Waals surface area contributed by atoms with Crippen molar-refractivity contribution in [2.75, 3.05) is 25.5 Å². The van der Waals surface area contributed by atoms with Crippen LogP contribution in [0.25, 0.3) is 0 Å². The van der Waals surface area contributed by atoms with Crippen molar-refractivity contribution in [1.29, 1.82) is 0 Å². The van der Waals surface area contributed by atoms with E-state index in [0.717, 1.165) is 41.9 Å². The van der Waals surface area contributed by atoms with Crippen molar-refractivity contribution < 1.29 is 4.79 Å². The number of carbonyl (C=O) groups excluding carboxylic acids is 1. The lowest BCUT2D eigenvalue weighted by atomic mass is 9.97. The molecule has 1 saturated heterocycles. The minimum absolute atomic E-state index is 0.222. The van der Waals surface area contributed by atoms with Crippen LogP contribution < -0.4 is 16.1 Å². The summed E-state index contributed by atoms with van der Waals surface area (Å²) in [5, 5.41) is 20.3. The largest absolute Gasteiger partial charge is 0.363 e. The third kappa shape index (κ3) is 3.19. The minimum Gasteiger partial charge on any atom is -0.363 e. The molecule has 3 N–H and O–H groups in total. The topological polar surface area (TPSA) is 94.5 Å². The summed E-state index contributed by atoms with van der Waals surface area (Å²) in [6.45, 7) is 1.88. The highest BCUT2D eigenvalue weighted by Gasteiger charge is 2.25. The Hall–Kier alpha value is -2.16. The second-order valence-electron chi connectivity index (χ2n) is 5.18. The lowest BCUT2D eigenvalue weighted by molar-refractivity contribution is -0.110. The summed E-state index contributed by atoms with van der Waals surface area (Å²) in [6, 6.07) is 0. The molecule has 0 bridgehead atoms. The molecule has 0 radical (unpaired) electrons. The molecule has 1 amide bonds. The van der Waals surface area contributed by atoms with Crippen LogP contribution in [0.2, 0.25) is 0 Å². The van der Waals surface area contributed by atoms with E-state index in [0.29, 0.717) is 12.3 Å². The van der Waals surface area contributed by atoms with Gasteiger partial charge in [-0.05, 0) is 25.0 Å². The molecule has 22 heavy (non-hydrogen) atoms. The summed E-state index contributed by atoms with van der Waals surface area (Å²) in [6.07, 6.45) is 6.37. The van der Waals surface area contributed by atoms with Crippen LogP contribution >= 0.6 is 11.3 Å². The van der Waals surface area contributed by atoms with Crippen molar-refractivity contribution in [3.8, 4) is 0 Å². The smallest absolute Gasteiger partial charge is 0.208 e. The number of carbonyl (C=O) groups is 1. The standard InChI is InChI=1S/C13H19N7OS/c1-14-13-19-18-12(22-13)9-4-6-20(7-5-9)11-3-2-10(15-8-21)16-17-11/h2-3,8-10,16H,4-7H2,1H3,(H,14,19)(H,15,21). The molecule has 1 atom stereocenters. The third-order valence-electron chi connectivity index (χ3n) is 3.83. The number of nitrogens with one attached hydrogen (secondary N) is 3. The molecule has 0 saturated carbocycles. The van der Waals surface area contributed by atoms with Gasteiger partial charge in [-0.2, -0.15) is 5.10 Å². The fraction of sp³-hybridized carbons (Fsp3) is 0.538. The van der Waals surface area contributed by atoms with Gasteiger partial charge in [-0.1, -0.05) is 11.3 Å². The van der Waals surface area contributed by atoms with E-state index >= 15 is 0 Å². The van der Waals surface area contributed by atoms with E-state index in [2.05, 4.69) is 36.3 Å². The molecule has 9 heteroatoms. The summed E-state index contributed by atoms with van der Waals surface area (Å²) in [7, 11) is 1.86. The van der Waals surface area contributed by atoms with Gasteiger partial charge >= 0.3 is 0 Å². The van der Waals surface area contributed by atoms with E-state index < -0.39 is 0 Å². The first-order valence-electron chi connectivity index (χ1n) is 7.27. The highest BCUT2D eigenvalue weighted by molar-refractivity contribution is 7.15. The van der Waals surface area contributed by atoms with Gasteiger partial charge < -0.3 is 15.5 Å². The maximum Gasteiger partial charge on any atom is 0.208 e. The molecular formula is C13H19N7OS. The molecule has 1 fully saturated rings. The molecule has 0 spiro atoms. The number of hydrogen-bond donors (Lipinski definition) is 3. The fourth-order valence-electron chi connectivity index (χ4n) is 2.60. The first kappa shape index (κ1) is 14.8. The molecule has 8 nitrogen and oxygen atoms in total. The van der Waals surface area contributed by atoms with E-state index in [1.54, 1.807) is 11.3 Å². The fourth-order valence-corrected chi connectivity index (χ4v) is 3.46. The summed E-state index contributed by atoms with van der Waals surface area (Å²) in [5.74, 6) is 1.39. The predicted molar refractivity (Wildman–Crippen MR) is 85.7 cm³/mol. The van der Waals surface area contributed by atoms with Crippen molar-refractivity contribution in [2.24, 2.45) is 5.10 Å². The normalized spacial score (nSPS) is 22.0. The first-order valence-corrected chi connectivity index (χ1v) is 8.09. The lowest BCUT2D eigenvalue weighted by Gasteiger charge is -2.33. The Morgan fingerprint density at radius 3 is 2.82 bits per heavy atom. The number of hydrazone groups is 1. The Labute approximate surface area is 132 Å². The maximum atomic E-state index is 10.4. The van der Waals surface area contributed by atoms with Crippen molar-refractivity contribution in [3.05, 3.63) is 17.2 Å². The number of likely N-dealkylation sites (tertiary alicyclic amines) is 1. The third-order valence-corrected chi connectivity index (χ3v) is 4.93. The van der Waals surface area contributed by atoms with Crippen molar-refractivity contribution in [3.63, 3.8) is 0 Å². The highest BCUT2D eigenvalue weighted by atomic mass is 32.1. The van der Waals surface area contributed by atoms with Gasteiger partial charge in [-0.25, -0.2) is 0 Å². The summed E-state index contributed by atoms with van der Waals surface area (Å²) >= 11 is 1.63. The number of piperidine rings is 1. The van der Waals surface area contributed by atoms with E-state index in [9.17, 15) is 4.79 Å². The Kier molecular flexibility index (Phi) is 4.52. The van der Waals surface area contributed by atoms with Crippen LogP contribution in [-0.2, 0) is 4.79 Å². The Morgan fingerprint density at radius 2 is 2.23 bits per heavy atom. The molecule has 0 aliphatic carbocycles. The van der Waals surface area contributed by atoms with Crippen molar-refractivity contribution in [1.82, 2.24) is 25.8 Å². The molecule has 1 unspecified atom stereocenters. The average Bonchev–Trinajstić information content (AvgIpc) is 3.05.